The van der Waals surface area contributed by atoms with Gasteiger partial charge in [0.1, 0.15) is 23.9 Å². The van der Waals surface area contributed by atoms with Crippen molar-refractivity contribution in [1.82, 2.24) is 16.0 Å². The van der Waals surface area contributed by atoms with Crippen LogP contribution in [0.2, 0.25) is 0 Å². The van der Waals surface area contributed by atoms with Crippen molar-refractivity contribution in [1.29, 1.82) is 0 Å². The Morgan fingerprint density at radius 3 is 1.98 bits per heavy atom. The van der Waals surface area contributed by atoms with E-state index in [4.69, 9.17) is 22.9 Å². The van der Waals surface area contributed by atoms with E-state index in [2.05, 4.69) is 20.9 Å². The van der Waals surface area contributed by atoms with Crippen LogP contribution in [0.15, 0.2) is 29.3 Å². The highest BCUT2D eigenvalue weighted by Gasteiger charge is 2.31. The maximum atomic E-state index is 13.3. The molecule has 15 nitrogen and oxygen atoms in total. The van der Waals surface area contributed by atoms with Crippen LogP contribution < -0.4 is 38.9 Å². The van der Waals surface area contributed by atoms with E-state index >= 15 is 0 Å². The molecule has 1 aromatic rings. The lowest BCUT2D eigenvalue weighted by molar-refractivity contribution is -0.143. The van der Waals surface area contributed by atoms with Crippen molar-refractivity contribution in [3.8, 4) is 5.75 Å². The molecule has 0 aliphatic carbocycles. The Labute approximate surface area is 232 Å². The molecule has 15 heteroatoms. The summed E-state index contributed by atoms with van der Waals surface area (Å²) in [7, 11) is 0. The molecule has 40 heavy (non-hydrogen) atoms. The molecule has 0 spiro atoms. The summed E-state index contributed by atoms with van der Waals surface area (Å²) in [5, 5.41) is 26.6. The first kappa shape index (κ1) is 33.6. The number of carboxylic acid groups (broad SMARTS) is 1. The van der Waals surface area contributed by atoms with E-state index in [-0.39, 0.29) is 50.4 Å². The first-order chi connectivity index (χ1) is 18.7. The largest absolute Gasteiger partial charge is 0.508 e. The van der Waals surface area contributed by atoms with Gasteiger partial charge < -0.3 is 49.1 Å². The van der Waals surface area contributed by atoms with Crippen LogP contribution in [0.25, 0.3) is 0 Å². The molecular weight excluding hydrogens is 524 g/mol. The minimum Gasteiger partial charge on any atom is -0.508 e. The van der Waals surface area contributed by atoms with Crippen molar-refractivity contribution < 1.29 is 34.2 Å². The van der Waals surface area contributed by atoms with E-state index in [0.29, 0.717) is 5.56 Å². The fraction of sp³-hybridized carbons (Fsp3) is 0.520. The second kappa shape index (κ2) is 16.5. The summed E-state index contributed by atoms with van der Waals surface area (Å²) in [6.45, 7) is 3.40. The van der Waals surface area contributed by atoms with Crippen LogP contribution in [0, 0.1) is 5.92 Å². The molecule has 0 heterocycles. The first-order valence-electron chi connectivity index (χ1n) is 12.7. The van der Waals surface area contributed by atoms with E-state index < -0.39 is 59.7 Å². The number of rotatable bonds is 17. The third kappa shape index (κ3) is 12.4. The predicted octanol–water partition coefficient (Wildman–Crippen LogP) is -2.22. The van der Waals surface area contributed by atoms with Gasteiger partial charge in [-0.2, -0.15) is 0 Å². The number of nitrogens with one attached hydrogen (secondary N) is 3. The van der Waals surface area contributed by atoms with Gasteiger partial charge in [-0.15, -0.1) is 0 Å². The minimum atomic E-state index is -1.24. The molecule has 1 aromatic carbocycles. The third-order valence-electron chi connectivity index (χ3n) is 5.86. The van der Waals surface area contributed by atoms with Gasteiger partial charge in [-0.1, -0.05) is 26.0 Å². The van der Waals surface area contributed by atoms with Crippen LogP contribution in [0.3, 0.4) is 0 Å². The summed E-state index contributed by atoms with van der Waals surface area (Å²) >= 11 is 0. The maximum absolute atomic E-state index is 13.3. The highest BCUT2D eigenvalue weighted by molar-refractivity contribution is 5.94. The summed E-state index contributed by atoms with van der Waals surface area (Å²) in [5.41, 5.74) is 22.2. The van der Waals surface area contributed by atoms with Gasteiger partial charge in [-0.25, -0.2) is 4.79 Å². The molecule has 0 fully saturated rings. The molecular formula is C25H40N8O7. The van der Waals surface area contributed by atoms with Crippen LogP contribution >= 0.6 is 0 Å². The van der Waals surface area contributed by atoms with Gasteiger partial charge in [0.15, 0.2) is 5.96 Å². The summed E-state index contributed by atoms with van der Waals surface area (Å²) in [6.07, 6.45) is 0.117. The smallest absolute Gasteiger partial charge is 0.326 e. The maximum Gasteiger partial charge on any atom is 0.326 e. The quantitative estimate of drug-likeness (QED) is 0.0558. The van der Waals surface area contributed by atoms with Gasteiger partial charge in [0, 0.05) is 19.4 Å². The van der Waals surface area contributed by atoms with Crippen LogP contribution in [-0.4, -0.2) is 76.5 Å². The van der Waals surface area contributed by atoms with Crippen molar-refractivity contribution >= 4 is 35.6 Å². The summed E-state index contributed by atoms with van der Waals surface area (Å²) in [4.78, 5) is 65.7. The van der Waals surface area contributed by atoms with Gasteiger partial charge >= 0.3 is 5.97 Å². The number of benzene rings is 1. The van der Waals surface area contributed by atoms with E-state index in [9.17, 15) is 34.2 Å². The Balaban J connectivity index is 3.18. The van der Waals surface area contributed by atoms with Gasteiger partial charge in [-0.05, 0) is 42.9 Å². The number of carbonyl (C=O) groups excluding carboxylic acids is 4. The van der Waals surface area contributed by atoms with E-state index in [1.165, 1.54) is 12.1 Å². The molecule has 4 amide bonds. The minimum absolute atomic E-state index is 0.00392. The number of phenols is 1. The van der Waals surface area contributed by atoms with Crippen LogP contribution in [-0.2, 0) is 30.4 Å². The van der Waals surface area contributed by atoms with Crippen molar-refractivity contribution in [2.45, 2.75) is 70.1 Å². The lowest BCUT2D eigenvalue weighted by Gasteiger charge is -2.26. The second-order valence-corrected chi connectivity index (χ2v) is 9.62. The molecule has 0 saturated carbocycles. The van der Waals surface area contributed by atoms with E-state index in [0.717, 1.165) is 0 Å². The first-order valence-corrected chi connectivity index (χ1v) is 12.7. The standard InChI is InChI=1S/C25H40N8O7/c1-13(2)20(24(39)40)33-23(38)18(12-14-5-7-15(34)8-6-14)32-22(37)17(4-3-11-30-25(28)29)31-21(36)16(26)9-10-19(27)35/h5-8,13,16-18,20,34H,3-4,9-12,26H2,1-2H3,(H2,27,35)(H,31,36)(H,32,37)(H,33,38)(H,39,40)(H4,28,29,30). The normalized spacial score (nSPS) is 13.8. The van der Waals surface area contributed by atoms with Crippen molar-refractivity contribution in [3.63, 3.8) is 0 Å². The molecule has 4 unspecified atom stereocenters. The van der Waals surface area contributed by atoms with Crippen LogP contribution in [0.5, 0.6) is 5.75 Å². The molecule has 0 radical (unpaired) electrons. The average molecular weight is 565 g/mol. The Morgan fingerprint density at radius 2 is 1.45 bits per heavy atom. The highest BCUT2D eigenvalue weighted by Crippen LogP contribution is 2.13. The number of phenolic OH excluding ortho intramolecular Hbond substituents is 1. The molecule has 4 atom stereocenters. The zero-order valence-corrected chi connectivity index (χ0v) is 22.6. The fourth-order valence-electron chi connectivity index (χ4n) is 3.60. The molecule has 0 aliphatic heterocycles. The number of carboxylic acids is 1. The van der Waals surface area contributed by atoms with Crippen molar-refractivity contribution in [3.05, 3.63) is 29.8 Å². The van der Waals surface area contributed by atoms with Gasteiger partial charge in [0.2, 0.25) is 23.6 Å². The number of aliphatic imine (C=N–C) groups is 1. The Bertz CT molecular complexity index is 1060. The molecule has 0 aromatic heterocycles. The van der Waals surface area contributed by atoms with Gasteiger partial charge in [0.25, 0.3) is 0 Å². The number of nitrogens with zero attached hydrogens (tertiary/aromatic N) is 1. The second-order valence-electron chi connectivity index (χ2n) is 9.62. The number of primary amides is 1. The molecule has 1 rings (SSSR count). The summed E-state index contributed by atoms with van der Waals surface area (Å²) in [5.74, 6) is -4.70. The highest BCUT2D eigenvalue weighted by atomic mass is 16.4. The number of aliphatic carboxylic acids is 1. The number of nitrogens with two attached hydrogens (primary N) is 4. The molecule has 0 bridgehead atoms. The Morgan fingerprint density at radius 1 is 0.875 bits per heavy atom. The number of aromatic hydroxyl groups is 1. The molecule has 0 saturated heterocycles. The fourth-order valence-corrected chi connectivity index (χ4v) is 3.60. The topological polar surface area (TPSA) is 278 Å². The van der Waals surface area contributed by atoms with E-state index in [1.54, 1.807) is 26.0 Å². The Kier molecular flexibility index (Phi) is 13.9. The number of carbonyl (C=O) groups is 5. The van der Waals surface area contributed by atoms with Crippen LogP contribution in [0.1, 0.15) is 45.1 Å². The van der Waals surface area contributed by atoms with Crippen LogP contribution in [0.4, 0.5) is 0 Å². The SMILES string of the molecule is CC(C)C(NC(=O)C(Cc1ccc(O)cc1)NC(=O)C(CCCN=C(N)N)NC(=O)C(N)CCC(N)=O)C(=O)O. The average Bonchev–Trinajstić information content (AvgIpc) is 2.87. The summed E-state index contributed by atoms with van der Waals surface area (Å²) < 4.78 is 0. The van der Waals surface area contributed by atoms with E-state index in [1.807, 2.05) is 0 Å². The number of guanidine groups is 1. The lowest BCUT2D eigenvalue weighted by atomic mass is 10.0. The predicted molar refractivity (Wildman–Crippen MR) is 146 cm³/mol. The molecule has 13 N–H and O–H groups in total. The van der Waals surface area contributed by atoms with Gasteiger partial charge in [-0.3, -0.25) is 24.2 Å². The third-order valence-corrected chi connectivity index (χ3v) is 5.86. The zero-order valence-electron chi connectivity index (χ0n) is 22.6. The monoisotopic (exact) mass is 564 g/mol. The van der Waals surface area contributed by atoms with Crippen molar-refractivity contribution in [2.75, 3.05) is 6.54 Å². The van der Waals surface area contributed by atoms with Crippen molar-refractivity contribution in [2.24, 2.45) is 33.8 Å². The molecule has 0 aliphatic rings. The number of amides is 4. The summed E-state index contributed by atoms with van der Waals surface area (Å²) in [6, 6.07) is 1.15. The molecule has 222 valence electrons. The number of hydrogen-bond donors (Lipinski definition) is 9. The number of hydrogen-bond acceptors (Lipinski definition) is 8. The lowest BCUT2D eigenvalue weighted by Crippen LogP contribution is -2.58. The zero-order chi connectivity index (χ0) is 30.4. The Hall–Kier alpha value is -4.40. The van der Waals surface area contributed by atoms with Gasteiger partial charge in [0.05, 0.1) is 6.04 Å².